The lowest BCUT2D eigenvalue weighted by molar-refractivity contribution is 0.121. The molecule has 0 amide bonds. The van der Waals surface area contributed by atoms with Gasteiger partial charge < -0.3 is 0 Å². The summed E-state index contributed by atoms with van der Waals surface area (Å²) in [5, 5.41) is 0.221. The van der Waals surface area contributed by atoms with Crippen LogP contribution in [0.15, 0.2) is 29.2 Å². The zero-order chi connectivity index (χ0) is 13.8. The molecule has 0 atom stereocenters. The van der Waals surface area contributed by atoms with E-state index in [2.05, 4.69) is 0 Å². The van der Waals surface area contributed by atoms with Gasteiger partial charge in [-0.1, -0.05) is 17.7 Å². The van der Waals surface area contributed by atoms with Gasteiger partial charge in [-0.25, -0.2) is 17.2 Å². The fourth-order valence-corrected chi connectivity index (χ4v) is 3.36. The van der Waals surface area contributed by atoms with Crippen LogP contribution < -0.4 is 0 Å². The summed E-state index contributed by atoms with van der Waals surface area (Å²) in [6.07, 6.45) is -2.76. The van der Waals surface area contributed by atoms with Gasteiger partial charge in [-0.3, -0.25) is 0 Å². The molecule has 0 aliphatic rings. The monoisotopic (exact) mass is 317 g/mol. The van der Waals surface area contributed by atoms with Gasteiger partial charge in [0, 0.05) is 17.4 Å². The summed E-state index contributed by atoms with van der Waals surface area (Å²) in [6, 6.07) is 5.45. The molecule has 1 rings (SSSR count). The van der Waals surface area contributed by atoms with Crippen LogP contribution in [-0.2, 0) is 10.0 Å². The van der Waals surface area contributed by atoms with E-state index >= 15 is 0 Å². The molecule has 0 aromatic heterocycles. The third kappa shape index (κ3) is 4.05. The number of hydrogen-bond acceptors (Lipinski definition) is 2. The Hall–Kier alpha value is -0.430. The van der Waals surface area contributed by atoms with Crippen molar-refractivity contribution in [3.63, 3.8) is 0 Å². The highest BCUT2D eigenvalue weighted by molar-refractivity contribution is 7.89. The maximum absolute atomic E-state index is 12.4. The third-order valence-corrected chi connectivity index (χ3v) is 4.37. The maximum Gasteiger partial charge on any atom is 0.252 e. The van der Waals surface area contributed by atoms with Gasteiger partial charge in [0.15, 0.2) is 0 Å². The highest BCUT2D eigenvalue weighted by Gasteiger charge is 2.26. The quantitative estimate of drug-likeness (QED) is 0.757. The number of alkyl halides is 3. The standard InChI is InChI=1S/C10H11Cl2F2NO2S/c11-4-5-15(7-10(13)14)18(16,17)9-3-1-2-8(12)6-9/h1-3,6,10H,4-5,7H2. The van der Waals surface area contributed by atoms with Gasteiger partial charge in [-0.15, -0.1) is 11.6 Å². The van der Waals surface area contributed by atoms with Gasteiger partial charge in [0.1, 0.15) is 0 Å². The topological polar surface area (TPSA) is 37.4 Å². The predicted molar refractivity (Wildman–Crippen MR) is 66.9 cm³/mol. The Bertz CT molecular complexity index is 496. The van der Waals surface area contributed by atoms with E-state index < -0.39 is 23.0 Å². The molecule has 0 radical (unpaired) electrons. The summed E-state index contributed by atoms with van der Waals surface area (Å²) >= 11 is 11.1. The van der Waals surface area contributed by atoms with E-state index in [1.807, 2.05) is 0 Å². The molecule has 0 fully saturated rings. The van der Waals surface area contributed by atoms with E-state index in [0.717, 1.165) is 0 Å². The SMILES string of the molecule is O=S(=O)(c1cccc(Cl)c1)N(CCCl)CC(F)F. The van der Waals surface area contributed by atoms with Crippen molar-refractivity contribution in [3.8, 4) is 0 Å². The molecule has 0 N–H and O–H groups in total. The lowest BCUT2D eigenvalue weighted by Crippen LogP contribution is -2.36. The van der Waals surface area contributed by atoms with Crippen LogP contribution in [0, 0.1) is 0 Å². The second-order valence-electron chi connectivity index (χ2n) is 3.40. The van der Waals surface area contributed by atoms with Crippen molar-refractivity contribution in [2.24, 2.45) is 0 Å². The van der Waals surface area contributed by atoms with Crippen LogP contribution >= 0.6 is 23.2 Å². The van der Waals surface area contributed by atoms with Gasteiger partial charge in [0.2, 0.25) is 10.0 Å². The van der Waals surface area contributed by atoms with Gasteiger partial charge in [0.25, 0.3) is 6.43 Å². The minimum Gasteiger partial charge on any atom is -0.209 e. The Morgan fingerprint density at radius 2 is 2.00 bits per heavy atom. The van der Waals surface area contributed by atoms with Gasteiger partial charge >= 0.3 is 0 Å². The van der Waals surface area contributed by atoms with E-state index in [4.69, 9.17) is 23.2 Å². The van der Waals surface area contributed by atoms with Crippen LogP contribution in [0.5, 0.6) is 0 Å². The molecular formula is C10H11Cl2F2NO2S. The van der Waals surface area contributed by atoms with Crippen LogP contribution in [-0.4, -0.2) is 38.1 Å². The average Bonchev–Trinajstić information content (AvgIpc) is 2.28. The first-order chi connectivity index (χ1) is 8.37. The zero-order valence-corrected chi connectivity index (χ0v) is 11.5. The highest BCUT2D eigenvalue weighted by Crippen LogP contribution is 2.20. The number of nitrogens with zero attached hydrogens (tertiary/aromatic N) is 1. The predicted octanol–water partition coefficient (Wildman–Crippen LogP) is 2.83. The molecule has 8 heteroatoms. The second-order valence-corrected chi connectivity index (χ2v) is 6.15. The van der Waals surface area contributed by atoms with Crippen LogP contribution in [0.25, 0.3) is 0 Å². The first-order valence-electron chi connectivity index (χ1n) is 4.97. The van der Waals surface area contributed by atoms with Crippen molar-refractivity contribution in [3.05, 3.63) is 29.3 Å². The van der Waals surface area contributed by atoms with Gasteiger partial charge in [-0.2, -0.15) is 4.31 Å². The zero-order valence-electron chi connectivity index (χ0n) is 9.19. The molecule has 3 nitrogen and oxygen atoms in total. The molecular weight excluding hydrogens is 307 g/mol. The molecule has 0 bridgehead atoms. The van der Waals surface area contributed by atoms with Crippen molar-refractivity contribution in [1.29, 1.82) is 0 Å². The van der Waals surface area contributed by atoms with Crippen molar-refractivity contribution >= 4 is 33.2 Å². The Balaban J connectivity index is 3.08. The molecule has 102 valence electrons. The van der Waals surface area contributed by atoms with E-state index in [-0.39, 0.29) is 22.3 Å². The van der Waals surface area contributed by atoms with Crippen molar-refractivity contribution < 1.29 is 17.2 Å². The summed E-state index contributed by atoms with van der Waals surface area (Å²) < 4.78 is 49.5. The Morgan fingerprint density at radius 3 is 2.50 bits per heavy atom. The third-order valence-electron chi connectivity index (χ3n) is 2.11. The molecule has 0 aliphatic heterocycles. The summed E-state index contributed by atoms with van der Waals surface area (Å²) in [5.74, 6) is -0.0630. The average molecular weight is 318 g/mol. The Labute approximate surface area is 114 Å². The van der Waals surface area contributed by atoms with E-state index in [1.165, 1.54) is 24.3 Å². The number of benzene rings is 1. The Kier molecular flexibility index (Phi) is 5.78. The van der Waals surface area contributed by atoms with Crippen LogP contribution in [0.1, 0.15) is 0 Å². The maximum atomic E-state index is 12.4. The Morgan fingerprint density at radius 1 is 1.33 bits per heavy atom. The molecule has 18 heavy (non-hydrogen) atoms. The lowest BCUT2D eigenvalue weighted by Gasteiger charge is -2.20. The van der Waals surface area contributed by atoms with Crippen molar-refractivity contribution in [2.75, 3.05) is 19.0 Å². The minimum atomic E-state index is -4.00. The van der Waals surface area contributed by atoms with Crippen molar-refractivity contribution in [1.82, 2.24) is 4.31 Å². The minimum absolute atomic E-state index is 0.0630. The molecule has 0 heterocycles. The number of sulfonamides is 1. The molecule has 0 saturated heterocycles. The smallest absolute Gasteiger partial charge is 0.209 e. The fraction of sp³-hybridized carbons (Fsp3) is 0.400. The van der Waals surface area contributed by atoms with Crippen LogP contribution in [0.3, 0.4) is 0 Å². The van der Waals surface area contributed by atoms with Gasteiger partial charge in [-0.05, 0) is 18.2 Å². The number of halogens is 4. The molecule has 0 saturated carbocycles. The largest absolute Gasteiger partial charge is 0.252 e. The lowest BCUT2D eigenvalue weighted by atomic mass is 10.4. The fourth-order valence-electron chi connectivity index (χ4n) is 1.33. The second kappa shape index (κ2) is 6.65. The first kappa shape index (κ1) is 15.6. The molecule has 0 unspecified atom stereocenters. The summed E-state index contributed by atoms with van der Waals surface area (Å²) in [5.41, 5.74) is 0. The first-order valence-corrected chi connectivity index (χ1v) is 7.33. The summed E-state index contributed by atoms with van der Waals surface area (Å²) in [4.78, 5) is -0.124. The molecule has 1 aromatic carbocycles. The van der Waals surface area contributed by atoms with E-state index in [0.29, 0.717) is 4.31 Å². The summed E-state index contributed by atoms with van der Waals surface area (Å²) in [7, 11) is -4.00. The van der Waals surface area contributed by atoms with Crippen LogP contribution in [0.2, 0.25) is 5.02 Å². The van der Waals surface area contributed by atoms with E-state index in [9.17, 15) is 17.2 Å². The highest BCUT2D eigenvalue weighted by atomic mass is 35.5. The number of hydrogen-bond donors (Lipinski definition) is 0. The normalized spacial score (nSPS) is 12.3. The molecule has 0 spiro atoms. The van der Waals surface area contributed by atoms with Gasteiger partial charge in [0.05, 0.1) is 11.4 Å². The molecule has 0 aliphatic carbocycles. The molecule has 1 aromatic rings. The summed E-state index contributed by atoms with van der Waals surface area (Å²) in [6.45, 7) is -1.07. The number of rotatable bonds is 6. The van der Waals surface area contributed by atoms with E-state index in [1.54, 1.807) is 0 Å². The van der Waals surface area contributed by atoms with Crippen molar-refractivity contribution in [2.45, 2.75) is 11.3 Å². The van der Waals surface area contributed by atoms with Crippen LogP contribution in [0.4, 0.5) is 8.78 Å².